The molecule has 0 amide bonds. The summed E-state index contributed by atoms with van der Waals surface area (Å²) in [5, 5.41) is 0. The molecule has 0 unspecified atom stereocenters. The van der Waals surface area contributed by atoms with Gasteiger partial charge in [0.2, 0.25) is 0 Å². The number of nitrogens with zero attached hydrogens (tertiary/aromatic N) is 3. The number of aromatic nitrogens is 3. The van der Waals surface area contributed by atoms with Crippen molar-refractivity contribution in [2.75, 3.05) is 0 Å². The maximum Gasteiger partial charge on any atom is 0.142 e. The van der Waals surface area contributed by atoms with Crippen molar-refractivity contribution in [2.24, 2.45) is 5.73 Å². The molecule has 1 aliphatic carbocycles. The lowest BCUT2D eigenvalue weighted by atomic mass is 10.0. The lowest BCUT2D eigenvalue weighted by Gasteiger charge is -2.15. The topological polar surface area (TPSA) is 56.7 Å². The van der Waals surface area contributed by atoms with E-state index in [4.69, 9.17) is 5.73 Å². The van der Waals surface area contributed by atoms with Crippen molar-refractivity contribution >= 4 is 0 Å². The molecule has 0 spiro atoms. The van der Waals surface area contributed by atoms with Crippen molar-refractivity contribution in [1.29, 1.82) is 0 Å². The number of nitrogens with two attached hydrogens (primary N) is 1. The number of imidazole rings is 1. The Labute approximate surface area is 107 Å². The molecule has 1 aliphatic rings. The van der Waals surface area contributed by atoms with E-state index in [1.807, 2.05) is 19.3 Å². The largest absolute Gasteiger partial charge is 0.326 e. The first-order chi connectivity index (χ1) is 8.79. The van der Waals surface area contributed by atoms with Crippen LogP contribution in [0, 0.1) is 6.92 Å². The van der Waals surface area contributed by atoms with Gasteiger partial charge in [-0.05, 0) is 38.7 Å². The highest BCUT2D eigenvalue weighted by molar-refractivity contribution is 5.38. The van der Waals surface area contributed by atoms with Crippen LogP contribution in [-0.4, -0.2) is 14.5 Å². The SMILES string of the molecule is Cc1ccc(CN)c(-n2cnc3c2CCCC3)n1. The summed E-state index contributed by atoms with van der Waals surface area (Å²) in [6, 6.07) is 4.07. The Morgan fingerprint density at radius 1 is 1.28 bits per heavy atom. The molecular formula is C14H18N4. The highest BCUT2D eigenvalue weighted by Gasteiger charge is 2.18. The maximum atomic E-state index is 5.81. The number of aryl methyl sites for hydroxylation is 2. The molecule has 4 heteroatoms. The van der Waals surface area contributed by atoms with Gasteiger partial charge in [0.15, 0.2) is 0 Å². The summed E-state index contributed by atoms with van der Waals surface area (Å²) in [4.78, 5) is 9.16. The Morgan fingerprint density at radius 2 is 2.11 bits per heavy atom. The highest BCUT2D eigenvalue weighted by Crippen LogP contribution is 2.24. The number of hydrogen-bond acceptors (Lipinski definition) is 3. The highest BCUT2D eigenvalue weighted by atomic mass is 15.1. The molecule has 0 aliphatic heterocycles. The molecule has 2 aromatic rings. The van der Waals surface area contributed by atoms with Crippen LogP contribution in [0.1, 0.15) is 35.5 Å². The van der Waals surface area contributed by atoms with Crippen molar-refractivity contribution in [3.63, 3.8) is 0 Å². The van der Waals surface area contributed by atoms with Crippen LogP contribution in [0.25, 0.3) is 5.82 Å². The smallest absolute Gasteiger partial charge is 0.142 e. The summed E-state index contributed by atoms with van der Waals surface area (Å²) in [6.45, 7) is 2.52. The average Bonchev–Trinajstić information content (AvgIpc) is 2.82. The molecule has 18 heavy (non-hydrogen) atoms. The van der Waals surface area contributed by atoms with Crippen LogP contribution in [0.4, 0.5) is 0 Å². The van der Waals surface area contributed by atoms with Crippen LogP contribution < -0.4 is 5.73 Å². The molecule has 2 heterocycles. The molecule has 2 aromatic heterocycles. The predicted octanol–water partition coefficient (Wildman–Crippen LogP) is 1.91. The third-order valence-electron chi connectivity index (χ3n) is 3.57. The van der Waals surface area contributed by atoms with Crippen LogP contribution in [0.2, 0.25) is 0 Å². The Bertz CT molecular complexity index is 571. The van der Waals surface area contributed by atoms with Crippen molar-refractivity contribution < 1.29 is 0 Å². The minimum Gasteiger partial charge on any atom is -0.326 e. The second-order valence-electron chi connectivity index (χ2n) is 4.85. The summed E-state index contributed by atoms with van der Waals surface area (Å²) in [6.07, 6.45) is 6.56. The lowest BCUT2D eigenvalue weighted by molar-refractivity contribution is 0.653. The molecule has 0 radical (unpaired) electrons. The second kappa shape index (κ2) is 4.53. The van der Waals surface area contributed by atoms with Gasteiger partial charge in [-0.15, -0.1) is 0 Å². The van der Waals surface area contributed by atoms with Gasteiger partial charge in [0, 0.05) is 23.5 Å². The third kappa shape index (κ3) is 1.82. The van der Waals surface area contributed by atoms with Gasteiger partial charge in [-0.3, -0.25) is 4.57 Å². The monoisotopic (exact) mass is 242 g/mol. The molecule has 94 valence electrons. The summed E-state index contributed by atoms with van der Waals surface area (Å²) in [5.41, 5.74) is 10.4. The predicted molar refractivity (Wildman–Crippen MR) is 70.6 cm³/mol. The molecule has 0 atom stereocenters. The number of rotatable bonds is 2. The molecule has 4 nitrogen and oxygen atoms in total. The van der Waals surface area contributed by atoms with Crippen molar-refractivity contribution in [3.05, 3.63) is 41.1 Å². The first-order valence-electron chi connectivity index (χ1n) is 6.51. The molecular weight excluding hydrogens is 224 g/mol. The van der Waals surface area contributed by atoms with E-state index in [0.717, 1.165) is 29.9 Å². The number of fused-ring (bicyclic) bond motifs is 1. The first kappa shape index (κ1) is 11.4. The summed E-state index contributed by atoms with van der Waals surface area (Å²) < 4.78 is 2.13. The molecule has 0 fully saturated rings. The summed E-state index contributed by atoms with van der Waals surface area (Å²) in [7, 11) is 0. The second-order valence-corrected chi connectivity index (χ2v) is 4.85. The van der Waals surface area contributed by atoms with Gasteiger partial charge >= 0.3 is 0 Å². The van der Waals surface area contributed by atoms with Crippen LogP contribution in [0.15, 0.2) is 18.5 Å². The number of hydrogen-bond donors (Lipinski definition) is 1. The van der Waals surface area contributed by atoms with E-state index in [9.17, 15) is 0 Å². The average molecular weight is 242 g/mol. The quantitative estimate of drug-likeness (QED) is 0.875. The molecule has 0 saturated heterocycles. The summed E-state index contributed by atoms with van der Waals surface area (Å²) >= 11 is 0. The minimum absolute atomic E-state index is 0.509. The van der Waals surface area contributed by atoms with Gasteiger partial charge in [0.25, 0.3) is 0 Å². The zero-order chi connectivity index (χ0) is 12.5. The Kier molecular flexibility index (Phi) is 2.88. The molecule has 3 rings (SSSR count). The Balaban J connectivity index is 2.14. The fraction of sp³-hybridized carbons (Fsp3) is 0.429. The van der Waals surface area contributed by atoms with Gasteiger partial charge in [-0.2, -0.15) is 0 Å². The van der Waals surface area contributed by atoms with E-state index in [1.54, 1.807) is 0 Å². The van der Waals surface area contributed by atoms with E-state index in [-0.39, 0.29) is 0 Å². The Morgan fingerprint density at radius 3 is 2.94 bits per heavy atom. The fourth-order valence-electron chi connectivity index (χ4n) is 2.59. The van der Waals surface area contributed by atoms with Crippen molar-refractivity contribution in [2.45, 2.75) is 39.2 Å². The van der Waals surface area contributed by atoms with E-state index in [1.165, 1.54) is 24.2 Å². The van der Waals surface area contributed by atoms with Gasteiger partial charge in [0.1, 0.15) is 12.1 Å². The number of pyridine rings is 1. The summed E-state index contributed by atoms with van der Waals surface area (Å²) in [5.74, 6) is 0.952. The standard InChI is InChI=1S/C14H18N4/c1-10-6-7-11(8-15)14(17-10)18-9-16-12-4-2-3-5-13(12)18/h6-7,9H,2-5,8,15H2,1H3. The van der Waals surface area contributed by atoms with Crippen molar-refractivity contribution in [1.82, 2.24) is 14.5 Å². The minimum atomic E-state index is 0.509. The van der Waals surface area contributed by atoms with Crippen LogP contribution in [0.5, 0.6) is 0 Å². The van der Waals surface area contributed by atoms with Gasteiger partial charge in [0.05, 0.1) is 5.69 Å². The van der Waals surface area contributed by atoms with Crippen LogP contribution >= 0.6 is 0 Å². The zero-order valence-electron chi connectivity index (χ0n) is 10.7. The van der Waals surface area contributed by atoms with Gasteiger partial charge in [-0.25, -0.2) is 9.97 Å². The third-order valence-corrected chi connectivity index (χ3v) is 3.57. The van der Waals surface area contributed by atoms with E-state index in [0.29, 0.717) is 6.54 Å². The zero-order valence-corrected chi connectivity index (χ0v) is 10.7. The van der Waals surface area contributed by atoms with E-state index < -0.39 is 0 Å². The van der Waals surface area contributed by atoms with Crippen molar-refractivity contribution in [3.8, 4) is 5.82 Å². The molecule has 0 aromatic carbocycles. The van der Waals surface area contributed by atoms with Gasteiger partial charge in [-0.1, -0.05) is 6.07 Å². The van der Waals surface area contributed by atoms with E-state index in [2.05, 4.69) is 20.6 Å². The van der Waals surface area contributed by atoms with Gasteiger partial charge < -0.3 is 5.73 Å². The molecule has 0 bridgehead atoms. The molecule has 0 saturated carbocycles. The van der Waals surface area contributed by atoms with Crippen LogP contribution in [0.3, 0.4) is 0 Å². The fourth-order valence-corrected chi connectivity index (χ4v) is 2.59. The lowest BCUT2D eigenvalue weighted by Crippen LogP contribution is -2.12. The van der Waals surface area contributed by atoms with Crippen LogP contribution in [-0.2, 0) is 19.4 Å². The molecule has 2 N–H and O–H groups in total. The van der Waals surface area contributed by atoms with E-state index >= 15 is 0 Å². The Hall–Kier alpha value is -1.68. The maximum absolute atomic E-state index is 5.81. The first-order valence-corrected chi connectivity index (χ1v) is 6.51. The normalized spacial score (nSPS) is 14.6.